The van der Waals surface area contributed by atoms with Gasteiger partial charge in [-0.25, -0.2) is 17.6 Å². The number of hydrogen-bond acceptors (Lipinski definition) is 0. The topological polar surface area (TPSA) is 0 Å². The summed E-state index contributed by atoms with van der Waals surface area (Å²) in [6.07, 6.45) is 14.4. The lowest BCUT2D eigenvalue weighted by Crippen LogP contribution is -2.12. The Morgan fingerprint density at radius 1 is 0.426 bits per heavy atom. The van der Waals surface area contributed by atoms with Crippen molar-refractivity contribution in [2.24, 2.45) is 17.8 Å². The van der Waals surface area contributed by atoms with E-state index in [1.807, 2.05) is 43.3 Å². The summed E-state index contributed by atoms with van der Waals surface area (Å²) in [5.41, 5.74) is 6.04. The van der Waals surface area contributed by atoms with Gasteiger partial charge in [-0.2, -0.15) is 0 Å². The fourth-order valence-electron chi connectivity index (χ4n) is 8.49. The standard InChI is InChI=1S/C20H22F2.2C14H18ClF.3H2/c1-13-3-6-15(7-4-13)16-8-10-17(11-9-16)18-12-5-14(2)19(21)20(18)22;1-9-3-6-11(7-4-9)12-8-5-10(2)14(16)13(12)15;1-9-3-6-11(7-4-9)12-8-5-10(2)13(15)14(12)16;;;/h5,8-13,15H,3-4,6-7H2,1-2H3;2*5,8-9,11H,3-4,6-7H2,1-2H3;3*1H. The molecule has 0 spiro atoms. The van der Waals surface area contributed by atoms with E-state index in [0.29, 0.717) is 44.5 Å². The minimum atomic E-state index is -0.751. The van der Waals surface area contributed by atoms with Gasteiger partial charge in [-0.3, -0.25) is 0 Å². The second-order valence-electron chi connectivity index (χ2n) is 16.7. The molecule has 0 unspecified atom stereocenters. The van der Waals surface area contributed by atoms with Crippen molar-refractivity contribution < 1.29 is 21.8 Å². The quantitative estimate of drug-likeness (QED) is 0.181. The van der Waals surface area contributed by atoms with Crippen LogP contribution in [0.2, 0.25) is 10.0 Å². The molecular weight excluding hydrogens is 723 g/mol. The van der Waals surface area contributed by atoms with Crippen molar-refractivity contribution in [1.82, 2.24) is 0 Å². The first-order valence-electron chi connectivity index (χ1n) is 20.2. The monoisotopic (exact) mass is 786 g/mol. The molecule has 0 radical (unpaired) electrons. The first-order chi connectivity index (χ1) is 25.7. The molecule has 54 heavy (non-hydrogen) atoms. The average molecular weight is 788 g/mol. The molecule has 0 N–H and O–H groups in total. The van der Waals surface area contributed by atoms with Gasteiger partial charge in [0.25, 0.3) is 0 Å². The van der Waals surface area contributed by atoms with E-state index in [4.69, 9.17) is 23.2 Å². The summed E-state index contributed by atoms with van der Waals surface area (Å²) in [6, 6.07) is 19.0. The Hall–Kier alpha value is -2.82. The SMILES string of the molecule is Cc1ccc(-c2ccc(C3CCC(C)CC3)cc2)c(F)c1F.Cc1ccc(C2CCC(C)CC2)c(Cl)c1F.Cc1ccc(C2CCC(C)CC2)c(F)c1Cl.[HH].[HH].[HH]. The van der Waals surface area contributed by atoms with Crippen molar-refractivity contribution in [3.63, 3.8) is 0 Å². The normalized spacial score (nSPS) is 24.1. The van der Waals surface area contributed by atoms with Crippen molar-refractivity contribution >= 4 is 23.2 Å². The molecule has 3 fully saturated rings. The molecule has 0 bridgehead atoms. The van der Waals surface area contributed by atoms with Gasteiger partial charge in [0.1, 0.15) is 11.6 Å². The molecule has 0 saturated heterocycles. The van der Waals surface area contributed by atoms with Gasteiger partial charge in [-0.1, -0.05) is 143 Å². The number of rotatable bonds is 4. The van der Waals surface area contributed by atoms with E-state index in [-0.39, 0.29) is 15.9 Å². The van der Waals surface area contributed by atoms with E-state index in [0.717, 1.165) is 65.7 Å². The molecule has 0 aliphatic heterocycles. The zero-order valence-electron chi connectivity index (χ0n) is 33.0. The van der Waals surface area contributed by atoms with Crippen molar-refractivity contribution in [3.05, 3.63) is 127 Å². The lowest BCUT2D eigenvalue weighted by Gasteiger charge is -2.27. The van der Waals surface area contributed by atoms with Crippen LogP contribution in [0.15, 0.2) is 60.7 Å². The summed E-state index contributed by atoms with van der Waals surface area (Å²) in [5.74, 6) is 1.95. The minimum absolute atomic E-state index is 0. The van der Waals surface area contributed by atoms with Crippen LogP contribution < -0.4 is 0 Å². The van der Waals surface area contributed by atoms with E-state index in [1.54, 1.807) is 26.0 Å². The van der Waals surface area contributed by atoms with E-state index in [9.17, 15) is 17.6 Å². The zero-order valence-corrected chi connectivity index (χ0v) is 34.5. The molecule has 3 aliphatic carbocycles. The minimum Gasteiger partial charge on any atom is -0.205 e. The molecule has 3 saturated carbocycles. The van der Waals surface area contributed by atoms with Gasteiger partial charge < -0.3 is 0 Å². The van der Waals surface area contributed by atoms with Gasteiger partial charge in [0.2, 0.25) is 0 Å². The number of benzene rings is 4. The van der Waals surface area contributed by atoms with E-state index >= 15 is 0 Å². The average Bonchev–Trinajstić information content (AvgIpc) is 3.17. The Labute approximate surface area is 336 Å². The smallest absolute Gasteiger partial charge is 0.166 e. The fourth-order valence-corrected chi connectivity index (χ4v) is 9.03. The van der Waals surface area contributed by atoms with Crippen molar-refractivity contribution in [2.45, 2.75) is 136 Å². The molecular formula is C48H64Cl2F4. The van der Waals surface area contributed by atoms with E-state index < -0.39 is 11.6 Å². The molecule has 298 valence electrons. The van der Waals surface area contributed by atoms with E-state index in [1.165, 1.54) is 56.9 Å². The Balaban J connectivity index is 0.000000293. The van der Waals surface area contributed by atoms with Crippen molar-refractivity contribution in [3.8, 4) is 11.1 Å². The molecule has 0 aromatic heterocycles. The van der Waals surface area contributed by atoms with Gasteiger partial charge in [0.15, 0.2) is 11.6 Å². The first-order valence-corrected chi connectivity index (χ1v) is 20.9. The van der Waals surface area contributed by atoms with Crippen LogP contribution in [0, 0.1) is 61.8 Å². The van der Waals surface area contributed by atoms with Gasteiger partial charge in [0.05, 0.1) is 10.0 Å². The van der Waals surface area contributed by atoms with Gasteiger partial charge in [0, 0.05) is 9.84 Å². The largest absolute Gasteiger partial charge is 0.205 e. The number of halogens is 6. The van der Waals surface area contributed by atoms with Crippen LogP contribution >= 0.6 is 23.2 Å². The molecule has 4 aromatic carbocycles. The molecule has 6 heteroatoms. The molecule has 0 amide bonds. The van der Waals surface area contributed by atoms with Crippen LogP contribution in [-0.4, -0.2) is 0 Å². The molecule has 0 atom stereocenters. The Bertz CT molecular complexity index is 1770. The molecule has 0 heterocycles. The molecule has 0 nitrogen and oxygen atoms in total. The Kier molecular flexibility index (Phi) is 15.2. The summed E-state index contributed by atoms with van der Waals surface area (Å²) in [6.45, 7) is 12.1. The van der Waals surface area contributed by atoms with Crippen LogP contribution in [0.3, 0.4) is 0 Å². The third-order valence-electron chi connectivity index (χ3n) is 12.5. The Morgan fingerprint density at radius 3 is 1.39 bits per heavy atom. The van der Waals surface area contributed by atoms with Crippen LogP contribution in [0.1, 0.15) is 153 Å². The summed E-state index contributed by atoms with van der Waals surface area (Å²) in [4.78, 5) is 0. The fraction of sp³-hybridized carbons (Fsp3) is 0.500. The van der Waals surface area contributed by atoms with Crippen LogP contribution in [0.4, 0.5) is 17.6 Å². The van der Waals surface area contributed by atoms with E-state index in [2.05, 4.69) is 32.9 Å². The maximum atomic E-state index is 14.1. The summed E-state index contributed by atoms with van der Waals surface area (Å²) < 4.78 is 55.5. The lowest BCUT2D eigenvalue weighted by molar-refractivity contribution is 0.342. The third-order valence-corrected chi connectivity index (χ3v) is 13.4. The molecule has 3 aliphatic rings. The van der Waals surface area contributed by atoms with Gasteiger partial charge in [-0.05, 0) is 134 Å². The lowest BCUT2D eigenvalue weighted by atomic mass is 9.79. The first kappa shape index (κ1) is 42.3. The number of aryl methyl sites for hydroxylation is 3. The molecule has 7 rings (SSSR count). The highest BCUT2D eigenvalue weighted by molar-refractivity contribution is 6.32. The highest BCUT2D eigenvalue weighted by atomic mass is 35.5. The maximum absolute atomic E-state index is 14.1. The highest BCUT2D eigenvalue weighted by Gasteiger charge is 2.25. The van der Waals surface area contributed by atoms with Crippen LogP contribution in [0.5, 0.6) is 0 Å². The summed E-state index contributed by atoms with van der Waals surface area (Å²) >= 11 is 12.0. The third kappa shape index (κ3) is 10.5. The van der Waals surface area contributed by atoms with Crippen LogP contribution in [0.25, 0.3) is 11.1 Å². The highest BCUT2D eigenvalue weighted by Crippen LogP contribution is 2.41. The number of hydrogen-bond donors (Lipinski definition) is 0. The maximum Gasteiger partial charge on any atom is 0.166 e. The van der Waals surface area contributed by atoms with Crippen molar-refractivity contribution in [2.75, 3.05) is 0 Å². The zero-order chi connectivity index (χ0) is 39.1. The van der Waals surface area contributed by atoms with Crippen LogP contribution in [-0.2, 0) is 0 Å². The van der Waals surface area contributed by atoms with Gasteiger partial charge in [-0.15, -0.1) is 0 Å². The van der Waals surface area contributed by atoms with Gasteiger partial charge >= 0.3 is 0 Å². The molecule has 4 aromatic rings. The Morgan fingerprint density at radius 2 is 0.852 bits per heavy atom. The predicted molar refractivity (Wildman–Crippen MR) is 226 cm³/mol. The summed E-state index contributed by atoms with van der Waals surface area (Å²) in [7, 11) is 0. The second-order valence-corrected chi connectivity index (χ2v) is 17.5. The summed E-state index contributed by atoms with van der Waals surface area (Å²) in [5, 5.41) is 0.649. The van der Waals surface area contributed by atoms with Crippen molar-refractivity contribution in [1.29, 1.82) is 0 Å². The second kappa shape index (κ2) is 19.4. The predicted octanol–water partition coefficient (Wildman–Crippen LogP) is 17.1.